The lowest BCUT2D eigenvalue weighted by molar-refractivity contribution is -0.134. The number of aryl methyl sites for hydroxylation is 1. The van der Waals surface area contributed by atoms with E-state index in [9.17, 15) is 14.0 Å². The fraction of sp³-hybridized carbons (Fsp3) is 0.433. The summed E-state index contributed by atoms with van der Waals surface area (Å²) in [7, 11) is 0. The first-order chi connectivity index (χ1) is 19.0. The van der Waals surface area contributed by atoms with E-state index in [2.05, 4.69) is 0 Å². The number of nitrogens with zero attached hydrogens (tertiary/aromatic N) is 4. The zero-order chi connectivity index (χ0) is 28.8. The van der Waals surface area contributed by atoms with Gasteiger partial charge in [-0.15, -0.1) is 11.8 Å². The fourth-order valence-corrected chi connectivity index (χ4v) is 6.43. The predicted octanol–water partition coefficient (Wildman–Crippen LogP) is 5.09. The largest absolute Gasteiger partial charge is 0.378 e. The molecular weight excluding hydrogens is 534 g/mol. The summed E-state index contributed by atoms with van der Waals surface area (Å²) in [5.74, 6) is -1.36. The van der Waals surface area contributed by atoms with E-state index in [1.165, 1.54) is 28.8 Å². The maximum absolute atomic E-state index is 15.3. The molecule has 0 N–H and O–H groups in total. The molecule has 2 aliphatic heterocycles. The van der Waals surface area contributed by atoms with Crippen LogP contribution in [0, 0.1) is 25.5 Å². The Hall–Kier alpha value is -3.24. The molecule has 10 heteroatoms. The number of hydrogen-bond acceptors (Lipinski definition) is 5. The summed E-state index contributed by atoms with van der Waals surface area (Å²) in [6, 6.07) is 9.40. The van der Waals surface area contributed by atoms with Crippen LogP contribution in [0.25, 0.3) is 5.69 Å². The van der Waals surface area contributed by atoms with E-state index in [4.69, 9.17) is 9.84 Å². The second-order valence-corrected chi connectivity index (χ2v) is 12.4. The van der Waals surface area contributed by atoms with Crippen molar-refractivity contribution in [2.45, 2.75) is 45.3 Å². The number of carbonyl (C=O) groups is 2. The van der Waals surface area contributed by atoms with Crippen LogP contribution in [0.3, 0.4) is 0 Å². The van der Waals surface area contributed by atoms with E-state index < -0.39 is 22.3 Å². The molecule has 3 aromatic rings. The molecule has 3 heterocycles. The monoisotopic (exact) mass is 568 g/mol. The van der Waals surface area contributed by atoms with E-state index in [0.29, 0.717) is 43.4 Å². The standard InChI is InChI=1S/C30H34F2N4O3S/c1-18-7-6-8-23(19(18)2)36-29-26(28(33-36)30(3,4)5)27(21-10-9-20(31)15-22(21)32)40-17-25(38)35(29)16-24(37)34-11-13-39-14-12-34/h6-10,15,27H,11-14,16-17H2,1-5H3/t27-/m1/s1. The van der Waals surface area contributed by atoms with Gasteiger partial charge in [-0.25, -0.2) is 13.5 Å². The molecule has 1 atom stereocenters. The zero-order valence-corrected chi connectivity index (χ0v) is 24.3. The van der Waals surface area contributed by atoms with Crippen LogP contribution in [0.2, 0.25) is 0 Å². The van der Waals surface area contributed by atoms with Crippen LogP contribution < -0.4 is 4.90 Å². The minimum atomic E-state index is -0.687. The molecule has 0 aliphatic carbocycles. The molecule has 0 radical (unpaired) electrons. The summed E-state index contributed by atoms with van der Waals surface area (Å²) in [5, 5.41) is 4.43. The van der Waals surface area contributed by atoms with Crippen molar-refractivity contribution in [3.63, 3.8) is 0 Å². The van der Waals surface area contributed by atoms with Crippen LogP contribution in [0.1, 0.15) is 54.0 Å². The van der Waals surface area contributed by atoms with Crippen LogP contribution in [0.15, 0.2) is 36.4 Å². The molecule has 40 heavy (non-hydrogen) atoms. The molecule has 5 rings (SSSR count). The highest BCUT2D eigenvalue weighted by atomic mass is 32.2. The number of halogens is 2. The van der Waals surface area contributed by atoms with Crippen molar-refractivity contribution in [3.8, 4) is 5.69 Å². The second-order valence-electron chi connectivity index (χ2n) is 11.3. The summed E-state index contributed by atoms with van der Waals surface area (Å²) < 4.78 is 36.4. The van der Waals surface area contributed by atoms with Crippen LogP contribution in [0.4, 0.5) is 14.6 Å². The molecular formula is C30H34F2N4O3S. The van der Waals surface area contributed by atoms with E-state index in [-0.39, 0.29) is 29.7 Å². The number of anilines is 1. The van der Waals surface area contributed by atoms with Gasteiger partial charge in [-0.05, 0) is 37.1 Å². The van der Waals surface area contributed by atoms with Gasteiger partial charge in [0.05, 0.1) is 35.6 Å². The normalized spacial score (nSPS) is 18.1. The van der Waals surface area contributed by atoms with Gasteiger partial charge in [-0.1, -0.05) is 39.0 Å². The molecule has 0 unspecified atom stereocenters. The van der Waals surface area contributed by atoms with Gasteiger partial charge in [0.1, 0.15) is 24.0 Å². The Bertz CT molecular complexity index is 1460. The van der Waals surface area contributed by atoms with Gasteiger partial charge in [0, 0.05) is 35.7 Å². The number of amides is 2. The number of hydrogen-bond donors (Lipinski definition) is 0. The highest BCUT2D eigenvalue weighted by molar-refractivity contribution is 8.00. The number of thioether (sulfide) groups is 1. The third kappa shape index (κ3) is 5.26. The minimum Gasteiger partial charge on any atom is -0.378 e. The molecule has 2 amide bonds. The van der Waals surface area contributed by atoms with Crippen molar-refractivity contribution in [1.29, 1.82) is 0 Å². The first-order valence-corrected chi connectivity index (χ1v) is 14.4. The Balaban J connectivity index is 1.78. The first-order valence-electron chi connectivity index (χ1n) is 13.4. The second kappa shape index (κ2) is 11.0. The number of rotatable bonds is 4. The van der Waals surface area contributed by atoms with Gasteiger partial charge in [0.2, 0.25) is 11.8 Å². The van der Waals surface area contributed by atoms with E-state index in [0.717, 1.165) is 22.9 Å². The van der Waals surface area contributed by atoms with E-state index in [1.54, 1.807) is 9.58 Å². The highest BCUT2D eigenvalue weighted by Gasteiger charge is 2.41. The summed E-state index contributed by atoms with van der Waals surface area (Å²) in [4.78, 5) is 30.5. The maximum Gasteiger partial charge on any atom is 0.242 e. The van der Waals surface area contributed by atoms with Gasteiger partial charge < -0.3 is 9.64 Å². The molecule has 2 aromatic carbocycles. The molecule has 2 aliphatic rings. The van der Waals surface area contributed by atoms with Crippen molar-refractivity contribution in [3.05, 3.63) is 76.0 Å². The number of benzene rings is 2. The van der Waals surface area contributed by atoms with Gasteiger partial charge in [-0.3, -0.25) is 14.5 Å². The van der Waals surface area contributed by atoms with Crippen LogP contribution in [-0.4, -0.2) is 65.1 Å². The average Bonchev–Trinajstić information content (AvgIpc) is 3.24. The number of aromatic nitrogens is 2. The molecule has 7 nitrogen and oxygen atoms in total. The first kappa shape index (κ1) is 28.3. The molecule has 0 bridgehead atoms. The Labute approximate surface area is 237 Å². The van der Waals surface area contributed by atoms with Crippen molar-refractivity contribution < 1.29 is 23.1 Å². The van der Waals surface area contributed by atoms with Gasteiger partial charge in [0.15, 0.2) is 0 Å². The predicted molar refractivity (Wildman–Crippen MR) is 152 cm³/mol. The smallest absolute Gasteiger partial charge is 0.242 e. The number of morpholine rings is 1. The van der Waals surface area contributed by atoms with Crippen LogP contribution in [0.5, 0.6) is 0 Å². The molecule has 1 fully saturated rings. The summed E-state index contributed by atoms with van der Waals surface area (Å²) in [5.41, 5.74) is 3.91. The lowest BCUT2D eigenvalue weighted by Gasteiger charge is -2.30. The quantitative estimate of drug-likeness (QED) is 0.439. The number of carbonyl (C=O) groups excluding carboxylic acids is 2. The fourth-order valence-electron chi connectivity index (χ4n) is 5.21. The molecule has 0 spiro atoms. The summed E-state index contributed by atoms with van der Waals surface area (Å²) in [6.07, 6.45) is 0. The van der Waals surface area contributed by atoms with Gasteiger partial charge in [0.25, 0.3) is 0 Å². The summed E-state index contributed by atoms with van der Waals surface area (Å²) in [6.45, 7) is 11.7. The SMILES string of the molecule is Cc1cccc(-n2nc(C(C)(C)C)c3c2N(CC(=O)N2CCOCC2)C(=O)CS[C@@H]3c2ccc(F)cc2F)c1C. The van der Waals surface area contributed by atoms with E-state index >= 15 is 4.39 Å². The third-order valence-corrected chi connectivity index (χ3v) is 8.74. The van der Waals surface area contributed by atoms with Crippen LogP contribution >= 0.6 is 11.8 Å². The van der Waals surface area contributed by atoms with Crippen molar-refractivity contribution in [2.24, 2.45) is 0 Å². The Morgan fingerprint density at radius 3 is 2.52 bits per heavy atom. The Morgan fingerprint density at radius 2 is 1.85 bits per heavy atom. The molecule has 0 saturated carbocycles. The Morgan fingerprint density at radius 1 is 1.12 bits per heavy atom. The van der Waals surface area contributed by atoms with Crippen molar-refractivity contribution in [1.82, 2.24) is 14.7 Å². The highest BCUT2D eigenvalue weighted by Crippen LogP contribution is 2.49. The lowest BCUT2D eigenvalue weighted by Crippen LogP contribution is -2.48. The van der Waals surface area contributed by atoms with Gasteiger partial charge in [-0.2, -0.15) is 5.10 Å². The van der Waals surface area contributed by atoms with Crippen molar-refractivity contribution in [2.75, 3.05) is 43.5 Å². The maximum atomic E-state index is 15.3. The minimum absolute atomic E-state index is 0.0168. The average molecular weight is 569 g/mol. The molecule has 1 saturated heterocycles. The number of ether oxygens (including phenoxy) is 1. The third-order valence-electron chi connectivity index (χ3n) is 7.51. The van der Waals surface area contributed by atoms with Crippen molar-refractivity contribution >= 4 is 29.4 Å². The molecule has 212 valence electrons. The van der Waals surface area contributed by atoms with E-state index in [1.807, 2.05) is 52.8 Å². The van der Waals surface area contributed by atoms with Gasteiger partial charge >= 0.3 is 0 Å². The lowest BCUT2D eigenvalue weighted by atomic mass is 9.87. The Kier molecular flexibility index (Phi) is 7.76. The topological polar surface area (TPSA) is 67.7 Å². The number of fused-ring (bicyclic) bond motifs is 1. The zero-order valence-electron chi connectivity index (χ0n) is 23.5. The molecule has 1 aromatic heterocycles. The summed E-state index contributed by atoms with van der Waals surface area (Å²) >= 11 is 1.27. The van der Waals surface area contributed by atoms with Crippen LogP contribution in [-0.2, 0) is 19.7 Å².